The van der Waals surface area contributed by atoms with Crippen LogP contribution in [-0.2, 0) is 16.1 Å². The van der Waals surface area contributed by atoms with E-state index in [1.54, 1.807) is 17.0 Å². The van der Waals surface area contributed by atoms with Gasteiger partial charge >= 0.3 is 5.97 Å². The molecule has 1 aliphatic rings. The van der Waals surface area contributed by atoms with Crippen LogP contribution in [0.5, 0.6) is 0 Å². The minimum absolute atomic E-state index is 0.376. The number of likely N-dealkylation sites (tertiary alicyclic amines) is 1. The Morgan fingerprint density at radius 2 is 1.79 bits per heavy atom. The molecule has 2 atom stereocenters. The third-order valence-electron chi connectivity index (χ3n) is 4.47. The van der Waals surface area contributed by atoms with Crippen molar-refractivity contribution in [3.05, 3.63) is 71.5 Å². The molecule has 4 nitrogen and oxygen atoms in total. The lowest BCUT2D eigenvalue weighted by Crippen LogP contribution is -2.47. The number of hydrogen-bond donors (Lipinski definition) is 1. The van der Waals surface area contributed by atoms with E-state index in [4.69, 9.17) is 0 Å². The third-order valence-corrected chi connectivity index (χ3v) is 4.47. The van der Waals surface area contributed by atoms with Crippen molar-refractivity contribution in [2.75, 3.05) is 6.54 Å². The number of hydrogen-bond acceptors (Lipinski definition) is 2. The number of rotatable bonds is 4. The highest BCUT2D eigenvalue weighted by Crippen LogP contribution is 2.34. The number of halogens is 1. The van der Waals surface area contributed by atoms with E-state index in [0.717, 1.165) is 5.56 Å². The second-order valence-corrected chi connectivity index (χ2v) is 6.01. The quantitative estimate of drug-likeness (QED) is 0.878. The molecular weight excluding hydrogens is 309 g/mol. The molecule has 2 aromatic rings. The lowest BCUT2D eigenvalue weighted by Gasteiger charge is -2.36. The van der Waals surface area contributed by atoms with Crippen LogP contribution in [0.15, 0.2) is 54.6 Å². The molecular formula is C19H18FNO3. The minimum Gasteiger partial charge on any atom is -0.481 e. The van der Waals surface area contributed by atoms with Crippen LogP contribution >= 0.6 is 0 Å². The van der Waals surface area contributed by atoms with Crippen LogP contribution in [0, 0.1) is 11.7 Å². The Morgan fingerprint density at radius 3 is 2.42 bits per heavy atom. The van der Waals surface area contributed by atoms with Gasteiger partial charge in [-0.15, -0.1) is 0 Å². The maximum atomic E-state index is 13.1. The molecule has 1 saturated heterocycles. The first-order valence-electron chi connectivity index (χ1n) is 7.87. The highest BCUT2D eigenvalue weighted by Gasteiger charge is 2.42. The Morgan fingerprint density at radius 1 is 1.12 bits per heavy atom. The lowest BCUT2D eigenvalue weighted by molar-refractivity contribution is -0.155. The number of carbonyl (C=O) groups is 2. The number of piperidine rings is 1. The number of carbonyl (C=O) groups excluding carboxylic acids is 1. The fourth-order valence-electron chi connectivity index (χ4n) is 3.25. The average molecular weight is 327 g/mol. The summed E-state index contributed by atoms with van der Waals surface area (Å²) in [6, 6.07) is 15.2. The molecule has 0 radical (unpaired) electrons. The molecule has 0 unspecified atom stereocenters. The molecule has 2 aromatic carbocycles. The molecule has 0 saturated carbocycles. The Balaban J connectivity index is 1.82. The van der Waals surface area contributed by atoms with Gasteiger partial charge in [0.1, 0.15) is 11.7 Å². The molecule has 1 fully saturated rings. The molecule has 0 aliphatic carbocycles. The van der Waals surface area contributed by atoms with E-state index in [0.29, 0.717) is 25.1 Å². The van der Waals surface area contributed by atoms with Crippen molar-refractivity contribution in [2.45, 2.75) is 18.9 Å². The van der Waals surface area contributed by atoms with Crippen molar-refractivity contribution in [2.24, 2.45) is 5.92 Å². The summed E-state index contributed by atoms with van der Waals surface area (Å²) in [6.45, 7) is 0.888. The van der Waals surface area contributed by atoms with Gasteiger partial charge in [0.05, 0.1) is 0 Å². The number of benzene rings is 2. The Hall–Kier alpha value is -2.69. The molecule has 1 aliphatic heterocycles. The fourth-order valence-corrected chi connectivity index (χ4v) is 3.25. The summed E-state index contributed by atoms with van der Waals surface area (Å²) in [5, 5.41) is 9.56. The summed E-state index contributed by atoms with van der Waals surface area (Å²) in [6.07, 6.45) is 0.543. The monoisotopic (exact) mass is 327 g/mol. The normalized spacial score (nSPS) is 20.9. The number of aliphatic carboxylic acids is 1. The first-order chi connectivity index (χ1) is 11.6. The van der Waals surface area contributed by atoms with E-state index >= 15 is 0 Å². The first kappa shape index (κ1) is 16.2. The second-order valence-electron chi connectivity index (χ2n) is 6.01. The highest BCUT2D eigenvalue weighted by atomic mass is 19.1. The predicted octanol–water partition coefficient (Wildman–Crippen LogP) is 3.04. The number of carboxylic acids is 1. The van der Waals surface area contributed by atoms with Gasteiger partial charge < -0.3 is 10.0 Å². The summed E-state index contributed by atoms with van der Waals surface area (Å²) >= 11 is 0. The minimum atomic E-state index is -1.13. The average Bonchev–Trinajstić information content (AvgIpc) is 2.58. The van der Waals surface area contributed by atoms with Crippen LogP contribution in [-0.4, -0.2) is 28.4 Å². The summed E-state index contributed by atoms with van der Waals surface area (Å²) < 4.78 is 13.1. The number of nitrogens with zero attached hydrogens (tertiary/aromatic N) is 1. The Kier molecular flexibility index (Phi) is 4.60. The van der Waals surface area contributed by atoms with Crippen molar-refractivity contribution in [3.63, 3.8) is 0 Å². The molecule has 124 valence electrons. The summed E-state index contributed by atoms with van der Waals surface area (Å²) in [5.41, 5.74) is 1.66. The molecule has 0 spiro atoms. The van der Waals surface area contributed by atoms with Gasteiger partial charge in [0, 0.05) is 19.0 Å². The summed E-state index contributed by atoms with van der Waals surface area (Å²) in [5.74, 6) is -3.45. The van der Waals surface area contributed by atoms with Gasteiger partial charge in [-0.25, -0.2) is 4.39 Å². The van der Waals surface area contributed by atoms with Crippen molar-refractivity contribution in [1.29, 1.82) is 0 Å². The van der Waals surface area contributed by atoms with E-state index in [1.165, 1.54) is 12.1 Å². The lowest BCUT2D eigenvalue weighted by atomic mass is 9.79. The predicted molar refractivity (Wildman–Crippen MR) is 86.7 cm³/mol. The van der Waals surface area contributed by atoms with Gasteiger partial charge in [0.25, 0.3) is 0 Å². The number of amides is 1. The maximum Gasteiger partial charge on any atom is 0.316 e. The van der Waals surface area contributed by atoms with Crippen molar-refractivity contribution in [3.8, 4) is 0 Å². The van der Waals surface area contributed by atoms with Crippen molar-refractivity contribution in [1.82, 2.24) is 4.90 Å². The standard InChI is InChI=1S/C19H18FNO3/c20-15-8-6-14(7-9-15)16-10-11-21(18(22)17(16)19(23)24)12-13-4-2-1-3-5-13/h1-9,16-17H,10-12H2,(H,23,24)/t16-,17-/m0/s1. The fraction of sp³-hybridized carbons (Fsp3) is 0.263. The van der Waals surface area contributed by atoms with Gasteiger partial charge in [0.2, 0.25) is 5.91 Å². The van der Waals surface area contributed by atoms with Gasteiger partial charge in [0.15, 0.2) is 0 Å². The SMILES string of the molecule is O=C(O)[C@@H]1C(=O)N(Cc2ccccc2)CC[C@H]1c1ccc(F)cc1. The number of carboxylic acid groups (broad SMARTS) is 1. The van der Waals surface area contributed by atoms with Crippen LogP contribution in [0.25, 0.3) is 0 Å². The molecule has 0 aromatic heterocycles. The molecule has 0 bridgehead atoms. The van der Waals surface area contributed by atoms with E-state index in [1.807, 2.05) is 30.3 Å². The zero-order chi connectivity index (χ0) is 17.1. The van der Waals surface area contributed by atoms with Crippen LogP contribution in [0.3, 0.4) is 0 Å². The van der Waals surface area contributed by atoms with Crippen molar-refractivity contribution >= 4 is 11.9 Å². The topological polar surface area (TPSA) is 57.6 Å². The van der Waals surface area contributed by atoms with Gasteiger partial charge in [-0.05, 0) is 29.7 Å². The van der Waals surface area contributed by atoms with Gasteiger partial charge in [-0.1, -0.05) is 42.5 Å². The zero-order valence-corrected chi connectivity index (χ0v) is 13.1. The summed E-state index contributed by atoms with van der Waals surface area (Å²) in [7, 11) is 0. The van der Waals surface area contributed by atoms with Crippen LogP contribution in [0.4, 0.5) is 4.39 Å². The molecule has 1 amide bonds. The van der Waals surface area contributed by atoms with Crippen LogP contribution in [0.2, 0.25) is 0 Å². The molecule has 24 heavy (non-hydrogen) atoms. The first-order valence-corrected chi connectivity index (χ1v) is 7.87. The summed E-state index contributed by atoms with van der Waals surface area (Å²) in [4.78, 5) is 26.0. The van der Waals surface area contributed by atoms with E-state index in [-0.39, 0.29) is 11.7 Å². The second kappa shape index (κ2) is 6.83. The Bertz CT molecular complexity index is 730. The largest absolute Gasteiger partial charge is 0.481 e. The van der Waals surface area contributed by atoms with E-state index < -0.39 is 17.8 Å². The molecule has 1 N–H and O–H groups in total. The highest BCUT2D eigenvalue weighted by molar-refractivity contribution is 5.98. The van der Waals surface area contributed by atoms with Gasteiger partial charge in [-0.2, -0.15) is 0 Å². The zero-order valence-electron chi connectivity index (χ0n) is 13.1. The molecule has 5 heteroatoms. The molecule has 3 rings (SSSR count). The van der Waals surface area contributed by atoms with Crippen molar-refractivity contribution < 1.29 is 19.1 Å². The van der Waals surface area contributed by atoms with E-state index in [2.05, 4.69) is 0 Å². The smallest absolute Gasteiger partial charge is 0.316 e. The third kappa shape index (κ3) is 3.30. The Labute approximate surface area is 139 Å². The van der Waals surface area contributed by atoms with Crippen LogP contribution < -0.4 is 0 Å². The van der Waals surface area contributed by atoms with Gasteiger partial charge in [-0.3, -0.25) is 9.59 Å². The van der Waals surface area contributed by atoms with E-state index in [9.17, 15) is 19.1 Å². The molecule has 1 heterocycles. The van der Waals surface area contributed by atoms with Crippen LogP contribution in [0.1, 0.15) is 23.5 Å². The maximum absolute atomic E-state index is 13.1.